The Labute approximate surface area is 87.8 Å². The highest BCUT2D eigenvalue weighted by Crippen LogP contribution is 1.93. The zero-order valence-corrected chi connectivity index (χ0v) is 8.84. The van der Waals surface area contributed by atoms with Crippen LogP contribution in [0.5, 0.6) is 0 Å². The molecule has 82 valence electrons. The van der Waals surface area contributed by atoms with Crippen molar-refractivity contribution in [2.75, 3.05) is 14.2 Å². The van der Waals surface area contributed by atoms with Gasteiger partial charge in [-0.15, -0.1) is 0 Å². The van der Waals surface area contributed by atoms with Gasteiger partial charge in [-0.05, 0) is 6.07 Å². The Morgan fingerprint density at radius 1 is 1.53 bits per heavy atom. The molecule has 5 heteroatoms. The molecule has 1 rings (SSSR count). The number of carbonyl (C=O) groups is 1. The molecule has 0 radical (unpaired) electrons. The van der Waals surface area contributed by atoms with Crippen LogP contribution in [0.15, 0.2) is 29.2 Å². The Bertz CT molecular complexity index is 386. The van der Waals surface area contributed by atoms with E-state index in [0.29, 0.717) is 6.54 Å². The second-order valence-corrected chi connectivity index (χ2v) is 3.06. The highest BCUT2D eigenvalue weighted by atomic mass is 16.7. The van der Waals surface area contributed by atoms with Gasteiger partial charge in [-0.3, -0.25) is 14.4 Å². The molecule has 0 aliphatic carbocycles. The Morgan fingerprint density at radius 3 is 2.87 bits per heavy atom. The lowest BCUT2D eigenvalue weighted by Crippen LogP contribution is -2.28. The molecule has 5 nitrogen and oxygen atoms in total. The highest BCUT2D eigenvalue weighted by Gasteiger charge is 2.07. The third kappa shape index (κ3) is 3.21. The molecule has 0 aliphatic rings. The van der Waals surface area contributed by atoms with Crippen molar-refractivity contribution >= 4 is 5.91 Å². The number of hydrogen-bond acceptors (Lipinski definition) is 3. The lowest BCUT2D eigenvalue weighted by atomic mass is 10.3. The molecule has 0 aromatic carbocycles. The van der Waals surface area contributed by atoms with E-state index in [2.05, 4.69) is 0 Å². The number of pyridine rings is 1. The first-order valence-electron chi connectivity index (χ1n) is 4.61. The molecular formula is C10H14N2O3. The van der Waals surface area contributed by atoms with Crippen LogP contribution < -0.4 is 5.56 Å². The minimum Gasteiger partial charge on any atom is -0.315 e. The normalized spacial score (nSPS) is 10.0. The van der Waals surface area contributed by atoms with Crippen molar-refractivity contribution in [3.05, 3.63) is 34.7 Å². The van der Waals surface area contributed by atoms with Crippen molar-refractivity contribution in [1.82, 2.24) is 9.63 Å². The number of hydroxylamine groups is 2. The SMILES string of the molecule is CON(C)C(=O)CCn1ccccc1=O. The van der Waals surface area contributed by atoms with Crippen LogP contribution in [0.1, 0.15) is 6.42 Å². The average molecular weight is 210 g/mol. The third-order valence-corrected chi connectivity index (χ3v) is 2.09. The molecule has 1 aromatic heterocycles. The van der Waals surface area contributed by atoms with Crippen molar-refractivity contribution in [2.45, 2.75) is 13.0 Å². The summed E-state index contributed by atoms with van der Waals surface area (Å²) in [4.78, 5) is 27.3. The highest BCUT2D eigenvalue weighted by molar-refractivity contribution is 5.74. The molecule has 0 atom stereocenters. The van der Waals surface area contributed by atoms with E-state index in [1.54, 1.807) is 18.3 Å². The van der Waals surface area contributed by atoms with Crippen LogP contribution in [-0.2, 0) is 16.2 Å². The van der Waals surface area contributed by atoms with Crippen molar-refractivity contribution in [3.63, 3.8) is 0 Å². The quantitative estimate of drug-likeness (QED) is 0.670. The maximum absolute atomic E-state index is 11.3. The summed E-state index contributed by atoms with van der Waals surface area (Å²) in [7, 11) is 2.96. The minimum atomic E-state index is -0.159. The van der Waals surface area contributed by atoms with Gasteiger partial charge in [-0.1, -0.05) is 6.07 Å². The molecule has 1 amide bonds. The van der Waals surface area contributed by atoms with E-state index in [9.17, 15) is 9.59 Å². The van der Waals surface area contributed by atoms with E-state index in [0.717, 1.165) is 5.06 Å². The molecular weight excluding hydrogens is 196 g/mol. The fourth-order valence-corrected chi connectivity index (χ4v) is 1.12. The first-order valence-corrected chi connectivity index (χ1v) is 4.61. The Kier molecular flexibility index (Phi) is 4.05. The Hall–Kier alpha value is -1.62. The largest absolute Gasteiger partial charge is 0.315 e. The summed E-state index contributed by atoms with van der Waals surface area (Å²) in [5.41, 5.74) is -0.106. The number of carbonyl (C=O) groups excluding carboxylic acids is 1. The maximum atomic E-state index is 11.3. The van der Waals surface area contributed by atoms with Crippen molar-refractivity contribution in [1.29, 1.82) is 0 Å². The lowest BCUT2D eigenvalue weighted by molar-refractivity contribution is -0.168. The second-order valence-electron chi connectivity index (χ2n) is 3.06. The summed E-state index contributed by atoms with van der Waals surface area (Å²) < 4.78 is 1.49. The number of hydrogen-bond donors (Lipinski definition) is 0. The van der Waals surface area contributed by atoms with Crippen LogP contribution >= 0.6 is 0 Å². The van der Waals surface area contributed by atoms with Gasteiger partial charge in [-0.2, -0.15) is 0 Å². The molecule has 0 saturated heterocycles. The standard InChI is InChI=1S/C10H14N2O3/c1-11(15-2)9(13)6-8-12-7-4-3-5-10(12)14/h3-5,7H,6,8H2,1-2H3. The molecule has 15 heavy (non-hydrogen) atoms. The van der Waals surface area contributed by atoms with Crippen LogP contribution in [0.25, 0.3) is 0 Å². The number of nitrogens with zero attached hydrogens (tertiary/aromatic N) is 2. The Morgan fingerprint density at radius 2 is 2.27 bits per heavy atom. The van der Waals surface area contributed by atoms with Crippen LogP contribution in [0.4, 0.5) is 0 Å². The average Bonchev–Trinajstić information content (AvgIpc) is 2.26. The van der Waals surface area contributed by atoms with E-state index in [1.165, 1.54) is 24.8 Å². The predicted molar refractivity (Wildman–Crippen MR) is 55.1 cm³/mol. The van der Waals surface area contributed by atoms with E-state index in [1.807, 2.05) is 0 Å². The van der Waals surface area contributed by atoms with Gasteiger partial charge in [0.15, 0.2) is 0 Å². The topological polar surface area (TPSA) is 51.5 Å². The monoisotopic (exact) mass is 210 g/mol. The fraction of sp³-hybridized carbons (Fsp3) is 0.400. The van der Waals surface area contributed by atoms with Crippen LogP contribution in [-0.4, -0.2) is 29.7 Å². The van der Waals surface area contributed by atoms with Gasteiger partial charge in [0, 0.05) is 32.3 Å². The summed E-state index contributed by atoms with van der Waals surface area (Å²) >= 11 is 0. The van der Waals surface area contributed by atoms with Crippen LogP contribution in [0.3, 0.4) is 0 Å². The van der Waals surface area contributed by atoms with Crippen LogP contribution in [0, 0.1) is 0 Å². The van der Waals surface area contributed by atoms with Gasteiger partial charge < -0.3 is 4.57 Å². The molecule has 0 aliphatic heterocycles. The maximum Gasteiger partial charge on any atom is 0.250 e. The molecule has 0 unspecified atom stereocenters. The predicted octanol–water partition coefficient (Wildman–Crippen LogP) is 0.258. The molecule has 1 aromatic rings. The first kappa shape index (κ1) is 11.5. The molecule has 0 fully saturated rings. The van der Waals surface area contributed by atoms with E-state index < -0.39 is 0 Å². The van der Waals surface area contributed by atoms with Gasteiger partial charge in [0.05, 0.1) is 7.11 Å². The van der Waals surface area contributed by atoms with Crippen molar-refractivity contribution < 1.29 is 9.63 Å². The summed E-state index contributed by atoms with van der Waals surface area (Å²) in [6, 6.07) is 4.89. The minimum absolute atomic E-state index is 0.106. The van der Waals surface area contributed by atoms with Gasteiger partial charge in [-0.25, -0.2) is 5.06 Å². The van der Waals surface area contributed by atoms with Crippen molar-refractivity contribution in [3.8, 4) is 0 Å². The second kappa shape index (κ2) is 5.31. The fourth-order valence-electron chi connectivity index (χ4n) is 1.12. The van der Waals surface area contributed by atoms with E-state index in [4.69, 9.17) is 4.84 Å². The zero-order valence-electron chi connectivity index (χ0n) is 8.84. The summed E-state index contributed by atoms with van der Waals surface area (Å²) in [5, 5.41) is 1.15. The number of rotatable bonds is 4. The molecule has 0 bridgehead atoms. The van der Waals surface area contributed by atoms with E-state index >= 15 is 0 Å². The van der Waals surface area contributed by atoms with Gasteiger partial charge in [0.1, 0.15) is 0 Å². The van der Waals surface area contributed by atoms with Gasteiger partial charge >= 0.3 is 0 Å². The van der Waals surface area contributed by atoms with Crippen molar-refractivity contribution in [2.24, 2.45) is 0 Å². The summed E-state index contributed by atoms with van der Waals surface area (Å²) in [5.74, 6) is -0.159. The summed E-state index contributed by atoms with van der Waals surface area (Å²) in [6.07, 6.45) is 1.90. The molecule has 0 spiro atoms. The third-order valence-electron chi connectivity index (χ3n) is 2.09. The smallest absolute Gasteiger partial charge is 0.250 e. The number of amides is 1. The molecule has 0 saturated carbocycles. The van der Waals surface area contributed by atoms with E-state index in [-0.39, 0.29) is 17.9 Å². The number of aryl methyl sites for hydroxylation is 1. The zero-order chi connectivity index (χ0) is 11.3. The van der Waals surface area contributed by atoms with Gasteiger partial charge in [0.2, 0.25) is 5.91 Å². The lowest BCUT2D eigenvalue weighted by Gasteiger charge is -2.13. The Balaban J connectivity index is 2.55. The van der Waals surface area contributed by atoms with Gasteiger partial charge in [0.25, 0.3) is 5.56 Å². The first-order chi connectivity index (χ1) is 7.15. The van der Waals surface area contributed by atoms with Crippen LogP contribution in [0.2, 0.25) is 0 Å². The molecule has 0 N–H and O–H groups in total. The summed E-state index contributed by atoms with van der Waals surface area (Å²) in [6.45, 7) is 0.367. The number of aromatic nitrogens is 1. The molecule has 1 heterocycles.